The lowest BCUT2D eigenvalue weighted by Gasteiger charge is -2.34. The summed E-state index contributed by atoms with van der Waals surface area (Å²) in [6.07, 6.45) is 1.08. The SMILES string of the molecule is CCc1ccc(CN2CCN(Cc3ccc([N+](=O)[O-])cc3)CC2)cc1.O=C(O)C(=O)O. The van der Waals surface area contributed by atoms with Crippen LogP contribution in [-0.2, 0) is 29.1 Å². The number of nitrogens with zero attached hydrogens (tertiary/aromatic N) is 3. The Kier molecular flexibility index (Phi) is 9.11. The van der Waals surface area contributed by atoms with Crippen LogP contribution in [0.4, 0.5) is 5.69 Å². The average Bonchev–Trinajstić information content (AvgIpc) is 2.76. The van der Waals surface area contributed by atoms with Crippen molar-refractivity contribution in [3.8, 4) is 0 Å². The summed E-state index contributed by atoms with van der Waals surface area (Å²) in [5.74, 6) is -3.65. The molecule has 0 aliphatic carbocycles. The number of nitro groups is 1. The third-order valence-corrected chi connectivity index (χ3v) is 5.04. The van der Waals surface area contributed by atoms with E-state index in [2.05, 4.69) is 41.0 Å². The number of benzene rings is 2. The highest BCUT2D eigenvalue weighted by atomic mass is 16.6. The molecule has 1 aliphatic heterocycles. The van der Waals surface area contributed by atoms with E-state index in [0.29, 0.717) is 0 Å². The first kappa shape index (κ1) is 24.0. The summed E-state index contributed by atoms with van der Waals surface area (Å²) in [6.45, 7) is 8.23. The van der Waals surface area contributed by atoms with Gasteiger partial charge in [-0.1, -0.05) is 43.3 Å². The highest BCUT2D eigenvalue weighted by Crippen LogP contribution is 2.15. The number of rotatable bonds is 6. The second-order valence-corrected chi connectivity index (χ2v) is 7.26. The van der Waals surface area contributed by atoms with Gasteiger partial charge in [0.1, 0.15) is 0 Å². The maximum atomic E-state index is 10.7. The van der Waals surface area contributed by atoms with Crippen LogP contribution in [0.2, 0.25) is 0 Å². The lowest BCUT2D eigenvalue weighted by atomic mass is 10.1. The number of aryl methyl sites for hydroxylation is 1. The van der Waals surface area contributed by atoms with Gasteiger partial charge in [-0.3, -0.25) is 19.9 Å². The Morgan fingerprint density at radius 3 is 1.48 bits per heavy atom. The topological polar surface area (TPSA) is 124 Å². The Balaban J connectivity index is 0.000000501. The van der Waals surface area contributed by atoms with Crippen molar-refractivity contribution >= 4 is 17.6 Å². The molecule has 0 radical (unpaired) electrons. The van der Waals surface area contributed by atoms with Crippen molar-refractivity contribution in [3.63, 3.8) is 0 Å². The predicted octanol–water partition coefficient (Wildman–Crippen LogP) is 2.63. The first-order chi connectivity index (χ1) is 14.8. The number of nitro benzene ring substituents is 1. The van der Waals surface area contributed by atoms with Gasteiger partial charge in [-0.2, -0.15) is 0 Å². The summed E-state index contributed by atoms with van der Waals surface area (Å²) in [5, 5.41) is 25.5. The van der Waals surface area contributed by atoms with Gasteiger partial charge in [-0.25, -0.2) is 9.59 Å². The summed E-state index contributed by atoms with van der Waals surface area (Å²) in [6, 6.07) is 15.8. The fraction of sp³-hybridized carbons (Fsp3) is 0.364. The number of piperazine rings is 1. The third-order valence-electron chi connectivity index (χ3n) is 5.04. The van der Waals surface area contributed by atoms with Gasteiger partial charge < -0.3 is 10.2 Å². The molecule has 2 N–H and O–H groups in total. The zero-order chi connectivity index (χ0) is 22.8. The van der Waals surface area contributed by atoms with Crippen LogP contribution in [0.25, 0.3) is 0 Å². The average molecular weight is 429 g/mol. The minimum Gasteiger partial charge on any atom is -0.473 e. The first-order valence-corrected chi connectivity index (χ1v) is 10.0. The Morgan fingerprint density at radius 2 is 1.16 bits per heavy atom. The minimum absolute atomic E-state index is 0.155. The summed E-state index contributed by atoms with van der Waals surface area (Å²) >= 11 is 0. The molecule has 0 saturated carbocycles. The Bertz CT molecular complexity index is 863. The molecule has 1 aliphatic rings. The van der Waals surface area contributed by atoms with Gasteiger partial charge in [-0.05, 0) is 23.1 Å². The Hall–Kier alpha value is -3.30. The second kappa shape index (κ2) is 11.8. The Morgan fingerprint density at radius 1 is 0.806 bits per heavy atom. The van der Waals surface area contributed by atoms with Crippen LogP contribution in [0.3, 0.4) is 0 Å². The monoisotopic (exact) mass is 429 g/mol. The number of aliphatic carboxylic acids is 2. The molecule has 166 valence electrons. The maximum Gasteiger partial charge on any atom is 0.414 e. The molecule has 0 aromatic heterocycles. The maximum absolute atomic E-state index is 10.7. The highest BCUT2D eigenvalue weighted by molar-refractivity contribution is 6.27. The van der Waals surface area contributed by atoms with Crippen LogP contribution in [0.15, 0.2) is 48.5 Å². The van der Waals surface area contributed by atoms with Crippen molar-refractivity contribution in [3.05, 3.63) is 75.3 Å². The van der Waals surface area contributed by atoms with Crippen molar-refractivity contribution in [2.75, 3.05) is 26.2 Å². The van der Waals surface area contributed by atoms with Crippen molar-refractivity contribution in [1.29, 1.82) is 0 Å². The van der Waals surface area contributed by atoms with Gasteiger partial charge in [0.05, 0.1) is 4.92 Å². The molecule has 0 unspecified atom stereocenters. The number of carbonyl (C=O) groups is 2. The highest BCUT2D eigenvalue weighted by Gasteiger charge is 2.17. The van der Waals surface area contributed by atoms with E-state index in [0.717, 1.165) is 51.3 Å². The minimum atomic E-state index is -1.82. The Labute approximate surface area is 180 Å². The fourth-order valence-electron chi connectivity index (χ4n) is 3.23. The van der Waals surface area contributed by atoms with E-state index in [9.17, 15) is 10.1 Å². The number of non-ortho nitro benzene ring substituents is 1. The molecule has 2 aromatic carbocycles. The summed E-state index contributed by atoms with van der Waals surface area (Å²) in [7, 11) is 0. The standard InChI is InChI=1S/C20H25N3O2.C2H2O4/c1-2-17-3-5-18(6-4-17)15-21-11-13-22(14-12-21)16-19-7-9-20(10-8-19)23(24)25;3-1(4)2(5)6/h3-10H,2,11-16H2,1H3;(H,3,4)(H,5,6). The summed E-state index contributed by atoms with van der Waals surface area (Å²) < 4.78 is 0. The van der Waals surface area contributed by atoms with Gasteiger partial charge in [0.15, 0.2) is 0 Å². The second-order valence-electron chi connectivity index (χ2n) is 7.26. The number of carboxylic acid groups (broad SMARTS) is 2. The summed E-state index contributed by atoms with van der Waals surface area (Å²) in [5.41, 5.74) is 4.05. The van der Waals surface area contributed by atoms with Crippen LogP contribution in [0, 0.1) is 10.1 Å². The molecule has 1 fully saturated rings. The molecule has 1 heterocycles. The fourth-order valence-corrected chi connectivity index (χ4v) is 3.23. The van der Waals surface area contributed by atoms with Gasteiger partial charge in [0, 0.05) is 51.4 Å². The summed E-state index contributed by atoms with van der Waals surface area (Å²) in [4.78, 5) is 33.5. The molecule has 0 amide bonds. The molecule has 0 atom stereocenters. The van der Waals surface area contributed by atoms with Crippen molar-refractivity contribution in [2.24, 2.45) is 0 Å². The van der Waals surface area contributed by atoms with E-state index in [1.165, 1.54) is 11.1 Å². The van der Waals surface area contributed by atoms with Crippen LogP contribution in [0.5, 0.6) is 0 Å². The van der Waals surface area contributed by atoms with Crippen molar-refractivity contribution in [2.45, 2.75) is 26.4 Å². The van der Waals surface area contributed by atoms with E-state index >= 15 is 0 Å². The van der Waals surface area contributed by atoms with Crippen LogP contribution >= 0.6 is 0 Å². The number of hydrogen-bond donors (Lipinski definition) is 2. The normalized spacial score (nSPS) is 14.4. The van der Waals surface area contributed by atoms with Gasteiger partial charge in [0.25, 0.3) is 5.69 Å². The largest absolute Gasteiger partial charge is 0.473 e. The molecular formula is C22H27N3O6. The molecule has 9 nitrogen and oxygen atoms in total. The molecule has 0 spiro atoms. The molecule has 2 aromatic rings. The van der Waals surface area contributed by atoms with Crippen LogP contribution in [-0.4, -0.2) is 63.1 Å². The van der Waals surface area contributed by atoms with Gasteiger partial charge in [-0.15, -0.1) is 0 Å². The molecule has 31 heavy (non-hydrogen) atoms. The van der Waals surface area contributed by atoms with Crippen molar-refractivity contribution in [1.82, 2.24) is 9.80 Å². The van der Waals surface area contributed by atoms with E-state index in [4.69, 9.17) is 19.8 Å². The smallest absolute Gasteiger partial charge is 0.414 e. The van der Waals surface area contributed by atoms with Crippen molar-refractivity contribution < 1.29 is 24.7 Å². The predicted molar refractivity (Wildman–Crippen MR) is 115 cm³/mol. The van der Waals surface area contributed by atoms with Crippen LogP contribution in [0.1, 0.15) is 23.6 Å². The molecule has 1 saturated heterocycles. The lowest BCUT2D eigenvalue weighted by Crippen LogP contribution is -2.45. The lowest BCUT2D eigenvalue weighted by molar-refractivity contribution is -0.384. The van der Waals surface area contributed by atoms with E-state index in [-0.39, 0.29) is 10.6 Å². The van der Waals surface area contributed by atoms with E-state index in [1.807, 2.05) is 12.1 Å². The first-order valence-electron chi connectivity index (χ1n) is 10.0. The van der Waals surface area contributed by atoms with E-state index < -0.39 is 11.9 Å². The van der Waals surface area contributed by atoms with Crippen LogP contribution < -0.4 is 0 Å². The van der Waals surface area contributed by atoms with E-state index in [1.54, 1.807) is 12.1 Å². The van der Waals surface area contributed by atoms with Gasteiger partial charge in [0.2, 0.25) is 0 Å². The third kappa shape index (κ3) is 8.15. The number of carboxylic acids is 2. The molecule has 0 bridgehead atoms. The molecular weight excluding hydrogens is 402 g/mol. The van der Waals surface area contributed by atoms with Gasteiger partial charge >= 0.3 is 11.9 Å². The zero-order valence-corrected chi connectivity index (χ0v) is 17.4. The number of hydrogen-bond acceptors (Lipinski definition) is 6. The quantitative estimate of drug-likeness (QED) is 0.408. The molecule has 9 heteroatoms. The zero-order valence-electron chi connectivity index (χ0n) is 17.4. The molecule has 3 rings (SSSR count).